The van der Waals surface area contributed by atoms with E-state index in [0.717, 1.165) is 48.7 Å². The Labute approximate surface area is 157 Å². The zero-order chi connectivity index (χ0) is 18.6. The van der Waals surface area contributed by atoms with E-state index in [1.165, 1.54) is 0 Å². The first-order valence-corrected chi connectivity index (χ1v) is 9.23. The molecule has 140 valence electrons. The zero-order valence-corrected chi connectivity index (χ0v) is 15.2. The van der Waals surface area contributed by atoms with E-state index in [1.54, 1.807) is 6.26 Å². The maximum atomic E-state index is 12.4. The van der Waals surface area contributed by atoms with Gasteiger partial charge in [0, 0.05) is 44.4 Å². The normalized spacial score (nSPS) is 15.3. The number of amides is 1. The summed E-state index contributed by atoms with van der Waals surface area (Å²) in [5, 5.41) is 0.883. The molecule has 1 fully saturated rings. The minimum absolute atomic E-state index is 0.178. The third-order valence-electron chi connectivity index (χ3n) is 4.93. The standard InChI is InChI=1S/C20H23N5O2/c21-20-16-5-1-2-6-17(16)22-18(23-20)14-24-9-11-25(12-10-24)19(26)8-7-15-4-3-13-27-15/h1-6,13H,7-12,14H2,(H2,21,22,23). The lowest BCUT2D eigenvalue weighted by atomic mass is 10.2. The van der Waals surface area contributed by atoms with Gasteiger partial charge in [-0.2, -0.15) is 0 Å². The van der Waals surface area contributed by atoms with Gasteiger partial charge in [-0.05, 0) is 24.3 Å². The summed E-state index contributed by atoms with van der Waals surface area (Å²) in [5.74, 6) is 2.27. The number of rotatable bonds is 5. The molecule has 0 radical (unpaired) electrons. The first kappa shape index (κ1) is 17.5. The van der Waals surface area contributed by atoms with Crippen LogP contribution in [0.1, 0.15) is 18.0 Å². The second-order valence-electron chi connectivity index (χ2n) is 6.78. The Kier molecular flexibility index (Phi) is 5.02. The molecule has 4 rings (SSSR count). The number of hydrogen-bond donors (Lipinski definition) is 1. The fraction of sp³-hybridized carbons (Fsp3) is 0.350. The van der Waals surface area contributed by atoms with E-state index in [0.29, 0.717) is 25.2 Å². The van der Waals surface area contributed by atoms with Crippen molar-refractivity contribution in [2.45, 2.75) is 19.4 Å². The number of nitrogens with two attached hydrogens (primary N) is 1. The lowest BCUT2D eigenvalue weighted by Crippen LogP contribution is -2.48. The molecule has 0 bridgehead atoms. The van der Waals surface area contributed by atoms with Crippen LogP contribution < -0.4 is 5.73 Å². The van der Waals surface area contributed by atoms with Gasteiger partial charge in [-0.15, -0.1) is 0 Å². The van der Waals surface area contributed by atoms with Gasteiger partial charge in [0.05, 0.1) is 18.3 Å². The van der Waals surface area contributed by atoms with E-state index < -0.39 is 0 Å². The number of carbonyl (C=O) groups excluding carboxylic acids is 1. The van der Waals surface area contributed by atoms with Crippen molar-refractivity contribution in [3.63, 3.8) is 0 Å². The van der Waals surface area contributed by atoms with Gasteiger partial charge in [0.1, 0.15) is 17.4 Å². The number of nitrogens with zero attached hydrogens (tertiary/aromatic N) is 4. The van der Waals surface area contributed by atoms with Crippen LogP contribution in [0.2, 0.25) is 0 Å². The first-order chi connectivity index (χ1) is 13.2. The molecule has 7 nitrogen and oxygen atoms in total. The van der Waals surface area contributed by atoms with Crippen molar-refractivity contribution >= 4 is 22.6 Å². The molecule has 0 aliphatic carbocycles. The van der Waals surface area contributed by atoms with Crippen LogP contribution in [0.5, 0.6) is 0 Å². The van der Waals surface area contributed by atoms with E-state index in [-0.39, 0.29) is 5.91 Å². The molecular weight excluding hydrogens is 342 g/mol. The van der Waals surface area contributed by atoms with E-state index in [2.05, 4.69) is 14.9 Å². The number of benzene rings is 1. The fourth-order valence-electron chi connectivity index (χ4n) is 3.42. The lowest BCUT2D eigenvalue weighted by molar-refractivity contribution is -0.133. The summed E-state index contributed by atoms with van der Waals surface area (Å²) >= 11 is 0. The number of fused-ring (bicyclic) bond motifs is 1. The number of piperazine rings is 1. The molecule has 0 saturated carbocycles. The van der Waals surface area contributed by atoms with Crippen LogP contribution >= 0.6 is 0 Å². The van der Waals surface area contributed by atoms with E-state index >= 15 is 0 Å². The second kappa shape index (κ2) is 7.75. The SMILES string of the molecule is Nc1nc(CN2CCN(C(=O)CCc3ccco3)CC2)nc2ccccc12. The van der Waals surface area contributed by atoms with Crippen LogP contribution in [0, 0.1) is 0 Å². The van der Waals surface area contributed by atoms with Crippen molar-refractivity contribution < 1.29 is 9.21 Å². The molecule has 0 unspecified atom stereocenters. The number of para-hydroxylation sites is 1. The highest BCUT2D eigenvalue weighted by Gasteiger charge is 2.22. The number of hydrogen-bond acceptors (Lipinski definition) is 6. The van der Waals surface area contributed by atoms with Crippen molar-refractivity contribution in [1.29, 1.82) is 0 Å². The van der Waals surface area contributed by atoms with Gasteiger partial charge in [0.2, 0.25) is 5.91 Å². The van der Waals surface area contributed by atoms with E-state index in [9.17, 15) is 4.79 Å². The van der Waals surface area contributed by atoms with Crippen LogP contribution in [-0.4, -0.2) is 51.9 Å². The second-order valence-corrected chi connectivity index (χ2v) is 6.78. The molecule has 3 heterocycles. The Hall–Kier alpha value is -2.93. The molecule has 1 aromatic carbocycles. The quantitative estimate of drug-likeness (QED) is 0.745. The number of carbonyl (C=O) groups is 1. The molecule has 7 heteroatoms. The van der Waals surface area contributed by atoms with Crippen molar-refractivity contribution in [3.8, 4) is 0 Å². The van der Waals surface area contributed by atoms with Crippen molar-refractivity contribution in [3.05, 3.63) is 54.2 Å². The van der Waals surface area contributed by atoms with Crippen LogP contribution in [0.25, 0.3) is 10.9 Å². The molecule has 1 aliphatic rings. The number of aromatic nitrogens is 2. The van der Waals surface area contributed by atoms with Crippen molar-refractivity contribution in [2.75, 3.05) is 31.9 Å². The third kappa shape index (κ3) is 4.09. The van der Waals surface area contributed by atoms with Crippen LogP contribution in [0.15, 0.2) is 47.1 Å². The lowest BCUT2D eigenvalue weighted by Gasteiger charge is -2.34. The summed E-state index contributed by atoms with van der Waals surface area (Å²) in [6, 6.07) is 11.5. The molecule has 1 saturated heterocycles. The summed E-state index contributed by atoms with van der Waals surface area (Å²) in [7, 11) is 0. The topological polar surface area (TPSA) is 88.5 Å². The Morgan fingerprint density at radius 1 is 1.07 bits per heavy atom. The number of anilines is 1. The predicted molar refractivity (Wildman–Crippen MR) is 103 cm³/mol. The summed E-state index contributed by atoms with van der Waals surface area (Å²) in [5.41, 5.74) is 6.93. The maximum absolute atomic E-state index is 12.4. The van der Waals surface area contributed by atoms with Gasteiger partial charge in [-0.1, -0.05) is 12.1 Å². The fourth-order valence-corrected chi connectivity index (χ4v) is 3.42. The summed E-state index contributed by atoms with van der Waals surface area (Å²) in [6.45, 7) is 3.70. The van der Waals surface area contributed by atoms with Crippen LogP contribution in [0.3, 0.4) is 0 Å². The number of furan rings is 1. The molecule has 2 N–H and O–H groups in total. The van der Waals surface area contributed by atoms with Gasteiger partial charge in [-0.25, -0.2) is 9.97 Å². The third-order valence-corrected chi connectivity index (χ3v) is 4.93. The predicted octanol–water partition coefficient (Wildman–Crippen LogP) is 2.08. The Bertz CT molecular complexity index is 917. The molecule has 0 spiro atoms. The highest BCUT2D eigenvalue weighted by molar-refractivity contribution is 5.87. The summed E-state index contributed by atoms with van der Waals surface area (Å²) in [6.07, 6.45) is 2.77. The Morgan fingerprint density at radius 3 is 2.67 bits per heavy atom. The number of nitrogen functional groups attached to an aromatic ring is 1. The van der Waals surface area contributed by atoms with Crippen LogP contribution in [-0.2, 0) is 17.8 Å². The monoisotopic (exact) mass is 365 g/mol. The highest BCUT2D eigenvalue weighted by Crippen LogP contribution is 2.18. The zero-order valence-electron chi connectivity index (χ0n) is 15.2. The molecule has 3 aromatic rings. The highest BCUT2D eigenvalue weighted by atomic mass is 16.3. The molecule has 1 aliphatic heterocycles. The van der Waals surface area contributed by atoms with E-state index in [1.807, 2.05) is 41.3 Å². The largest absolute Gasteiger partial charge is 0.469 e. The van der Waals surface area contributed by atoms with Crippen molar-refractivity contribution in [1.82, 2.24) is 19.8 Å². The smallest absolute Gasteiger partial charge is 0.223 e. The minimum Gasteiger partial charge on any atom is -0.469 e. The van der Waals surface area contributed by atoms with E-state index in [4.69, 9.17) is 10.2 Å². The minimum atomic E-state index is 0.178. The van der Waals surface area contributed by atoms with Gasteiger partial charge in [0.15, 0.2) is 0 Å². The molecule has 2 aromatic heterocycles. The molecular formula is C20H23N5O2. The summed E-state index contributed by atoms with van der Waals surface area (Å²) in [4.78, 5) is 25.6. The average molecular weight is 365 g/mol. The molecule has 0 atom stereocenters. The Balaban J connectivity index is 1.31. The van der Waals surface area contributed by atoms with Gasteiger partial charge < -0.3 is 15.1 Å². The average Bonchev–Trinajstić information content (AvgIpc) is 3.20. The molecule has 27 heavy (non-hydrogen) atoms. The van der Waals surface area contributed by atoms with Crippen molar-refractivity contribution in [2.24, 2.45) is 0 Å². The summed E-state index contributed by atoms with van der Waals surface area (Å²) < 4.78 is 5.29. The van der Waals surface area contributed by atoms with Gasteiger partial charge in [0.25, 0.3) is 0 Å². The first-order valence-electron chi connectivity index (χ1n) is 9.23. The maximum Gasteiger partial charge on any atom is 0.223 e. The Morgan fingerprint density at radius 2 is 1.89 bits per heavy atom. The van der Waals surface area contributed by atoms with Gasteiger partial charge in [-0.3, -0.25) is 9.69 Å². The number of aryl methyl sites for hydroxylation is 1. The van der Waals surface area contributed by atoms with Gasteiger partial charge >= 0.3 is 0 Å². The molecule has 1 amide bonds. The van der Waals surface area contributed by atoms with Crippen LogP contribution in [0.4, 0.5) is 5.82 Å².